The van der Waals surface area contributed by atoms with E-state index < -0.39 is 18.4 Å². The molecule has 75 heavy (non-hydrogen) atoms. The van der Waals surface area contributed by atoms with Crippen molar-refractivity contribution in [3.8, 4) is 11.5 Å². The normalized spacial score (nSPS) is 18.6. The van der Waals surface area contributed by atoms with Gasteiger partial charge in [-0.1, -0.05) is 41.5 Å². The van der Waals surface area contributed by atoms with Gasteiger partial charge >= 0.3 is 5.97 Å². The molecule has 0 atom stereocenters. The van der Waals surface area contributed by atoms with Crippen LogP contribution in [0.1, 0.15) is 114 Å². The van der Waals surface area contributed by atoms with Gasteiger partial charge in [-0.2, -0.15) is 0 Å². The van der Waals surface area contributed by atoms with Gasteiger partial charge < -0.3 is 59.3 Å². The number of nitrogens with zero attached hydrogens (tertiary/aromatic N) is 5. The molecule has 5 amide bonds. The molecule has 0 aliphatic carbocycles. The molecule has 4 fully saturated rings. The molecular formula is C56H84N6O13. The summed E-state index contributed by atoms with van der Waals surface area (Å²) >= 11 is 0. The summed E-state index contributed by atoms with van der Waals surface area (Å²) in [6.45, 7) is 19.3. The molecule has 0 bridgehead atoms. The average molecular weight is 1050 g/mol. The second-order valence-electron chi connectivity index (χ2n) is 21.4. The van der Waals surface area contributed by atoms with Crippen LogP contribution in [0.25, 0.3) is 0 Å². The number of piperidine rings is 4. The van der Waals surface area contributed by atoms with Crippen LogP contribution in [0.3, 0.4) is 0 Å². The molecule has 19 heteroatoms. The lowest BCUT2D eigenvalue weighted by Crippen LogP contribution is -2.46. The lowest BCUT2D eigenvalue weighted by Gasteiger charge is -2.37. The van der Waals surface area contributed by atoms with Crippen LogP contribution in [0.4, 0.5) is 11.4 Å². The molecule has 0 saturated carbocycles. The summed E-state index contributed by atoms with van der Waals surface area (Å²) in [5.41, 5.74) is 1.93. The molecule has 4 saturated heterocycles. The summed E-state index contributed by atoms with van der Waals surface area (Å²) in [4.78, 5) is 93.5. The second kappa shape index (κ2) is 29.6. The fourth-order valence-electron chi connectivity index (χ4n) is 10.00. The molecule has 6 aliphatic rings. The zero-order chi connectivity index (χ0) is 54.8. The first-order valence-electron chi connectivity index (χ1n) is 27.0. The van der Waals surface area contributed by atoms with E-state index in [1.54, 1.807) is 46.2 Å². The minimum absolute atomic E-state index is 0.00303. The highest BCUT2D eigenvalue weighted by molar-refractivity contribution is 6.02. The van der Waals surface area contributed by atoms with Crippen molar-refractivity contribution in [1.82, 2.24) is 20.0 Å². The molecule has 0 spiro atoms. The minimum atomic E-state index is -0.573. The third kappa shape index (κ3) is 17.2. The lowest BCUT2D eigenvalue weighted by atomic mass is 9.94. The van der Waals surface area contributed by atoms with Crippen molar-refractivity contribution in [3.05, 3.63) is 47.5 Å². The summed E-state index contributed by atoms with van der Waals surface area (Å²) in [6.07, 6.45) is 7.60. The number of hydrogen-bond acceptors (Lipinski definition) is 14. The van der Waals surface area contributed by atoms with Crippen LogP contribution in [0.15, 0.2) is 36.4 Å². The molecule has 6 aliphatic heterocycles. The summed E-state index contributed by atoms with van der Waals surface area (Å²) in [6, 6.07) is 9.86. The predicted molar refractivity (Wildman–Crippen MR) is 284 cm³/mol. The van der Waals surface area contributed by atoms with Gasteiger partial charge in [-0.15, -0.1) is 0 Å². The van der Waals surface area contributed by atoms with Crippen molar-refractivity contribution in [1.29, 1.82) is 0 Å². The SMILES string of the molecule is CC(C)C(=O)N1CCC(CN2C(=O)COc3ccc(C(=O)CO)cc32)CC1.CC(C)C(=O)N1CCC(CO)CC1.COC(=O)c1ccc2c(c1)N(CC1CCN(C(=O)C(C)C)CC1)C(=O)CO2.OCC1CCNCC1. The Morgan fingerprint density at radius 1 is 0.560 bits per heavy atom. The number of fused-ring (bicyclic) bond motifs is 2. The number of methoxy groups -OCH3 is 1. The molecule has 416 valence electrons. The van der Waals surface area contributed by atoms with Crippen LogP contribution < -0.4 is 24.6 Å². The van der Waals surface area contributed by atoms with Gasteiger partial charge in [0, 0.05) is 88.9 Å². The molecule has 4 N–H and O–H groups in total. The van der Waals surface area contributed by atoms with E-state index in [-0.39, 0.29) is 73.0 Å². The highest BCUT2D eigenvalue weighted by Gasteiger charge is 2.34. The Kier molecular flexibility index (Phi) is 23.8. The van der Waals surface area contributed by atoms with E-state index in [1.807, 2.05) is 56.2 Å². The van der Waals surface area contributed by atoms with Gasteiger partial charge in [-0.3, -0.25) is 28.8 Å². The molecule has 0 radical (unpaired) electrons. The highest BCUT2D eigenvalue weighted by Crippen LogP contribution is 2.36. The Labute approximate surface area is 443 Å². The number of hydrogen-bond donors (Lipinski definition) is 4. The molecular weight excluding hydrogens is 965 g/mol. The summed E-state index contributed by atoms with van der Waals surface area (Å²) in [5.74, 6) is 2.35. The van der Waals surface area contributed by atoms with Crippen LogP contribution in [-0.4, -0.2) is 177 Å². The standard InChI is InChI=1S/2C20H26N2O5.C10H19NO2.C6H13NO/c1-13(2)19(24)21-8-6-14(7-9-21)11-22-16-10-15(20(25)26-3)4-5-17(16)27-12-18(22)23;1-13(2)20(26)21-7-5-14(6-8-21)10-22-16-9-15(17(24)11-23)3-4-18(16)27-12-19(22)25;1-8(2)10(13)11-5-3-9(7-12)4-6-11;8-5-6-1-3-7-4-2-6/h4-5,10,13-14H,6-9,11-12H2,1-3H3;3-4,9,13-14,23H,5-8,10-12H2,1-2H3;8-9,12H,3-7H2,1-2H3;6-8H,1-5H2. The van der Waals surface area contributed by atoms with Crippen molar-refractivity contribution in [2.45, 2.75) is 92.9 Å². The number of carbonyl (C=O) groups is 7. The first-order valence-corrected chi connectivity index (χ1v) is 27.0. The smallest absolute Gasteiger partial charge is 0.337 e. The third-order valence-electron chi connectivity index (χ3n) is 14.8. The van der Waals surface area contributed by atoms with Crippen molar-refractivity contribution in [2.75, 3.05) is 115 Å². The van der Waals surface area contributed by atoms with E-state index in [2.05, 4.69) is 5.32 Å². The number of carbonyl (C=O) groups excluding carboxylic acids is 7. The van der Waals surface area contributed by atoms with Crippen molar-refractivity contribution in [3.63, 3.8) is 0 Å². The number of benzene rings is 2. The van der Waals surface area contributed by atoms with E-state index in [9.17, 15) is 33.6 Å². The van der Waals surface area contributed by atoms with Crippen LogP contribution in [0.5, 0.6) is 11.5 Å². The molecule has 8 rings (SSSR count). The monoisotopic (exact) mass is 1050 g/mol. The number of ether oxygens (including phenoxy) is 3. The number of amides is 5. The largest absolute Gasteiger partial charge is 0.482 e. The van der Waals surface area contributed by atoms with Gasteiger partial charge in [-0.25, -0.2) is 4.79 Å². The maximum Gasteiger partial charge on any atom is 0.337 e. The molecule has 19 nitrogen and oxygen atoms in total. The van der Waals surface area contributed by atoms with Crippen LogP contribution in [-0.2, 0) is 28.7 Å². The molecule has 2 aromatic rings. The quantitative estimate of drug-likeness (QED) is 0.170. The van der Waals surface area contributed by atoms with E-state index >= 15 is 0 Å². The van der Waals surface area contributed by atoms with Gasteiger partial charge in [-0.05, 0) is 125 Å². The molecule has 6 heterocycles. The number of anilines is 2. The molecule has 2 aromatic carbocycles. The first kappa shape index (κ1) is 60.2. The van der Waals surface area contributed by atoms with E-state index in [0.717, 1.165) is 90.6 Å². The number of aliphatic hydroxyl groups is 3. The molecule has 0 aromatic heterocycles. The second-order valence-corrected chi connectivity index (χ2v) is 21.4. The van der Waals surface area contributed by atoms with Crippen molar-refractivity contribution >= 4 is 52.7 Å². The van der Waals surface area contributed by atoms with Crippen LogP contribution in [0, 0.1) is 41.4 Å². The van der Waals surface area contributed by atoms with Crippen LogP contribution in [0.2, 0.25) is 0 Å². The van der Waals surface area contributed by atoms with Gasteiger partial charge in [0.15, 0.2) is 19.0 Å². The summed E-state index contributed by atoms with van der Waals surface area (Å²) < 4.78 is 15.8. The number of ketones is 1. The number of esters is 1. The zero-order valence-corrected chi connectivity index (χ0v) is 45.4. The predicted octanol–water partition coefficient (Wildman–Crippen LogP) is 4.43. The number of likely N-dealkylation sites (tertiary alicyclic amines) is 3. The topological polar surface area (TPSA) is 236 Å². The van der Waals surface area contributed by atoms with Crippen LogP contribution >= 0.6 is 0 Å². The maximum absolute atomic E-state index is 12.5. The van der Waals surface area contributed by atoms with Gasteiger partial charge in [0.25, 0.3) is 11.8 Å². The summed E-state index contributed by atoms with van der Waals surface area (Å²) in [7, 11) is 1.33. The van der Waals surface area contributed by atoms with Crippen molar-refractivity contribution < 1.29 is 63.1 Å². The van der Waals surface area contributed by atoms with E-state index in [1.165, 1.54) is 7.11 Å². The Morgan fingerprint density at radius 3 is 1.27 bits per heavy atom. The lowest BCUT2D eigenvalue weighted by molar-refractivity contribution is -0.136. The van der Waals surface area contributed by atoms with Crippen molar-refractivity contribution in [2.24, 2.45) is 41.4 Å². The van der Waals surface area contributed by atoms with Gasteiger partial charge in [0.05, 0.1) is 24.0 Å². The highest BCUT2D eigenvalue weighted by atomic mass is 16.5. The number of Topliss-reactive ketones (excluding diaryl/α,β-unsaturated/α-hetero) is 1. The molecule has 0 unspecified atom stereocenters. The number of aliphatic hydroxyl groups excluding tert-OH is 3. The Bertz CT molecular complexity index is 2100. The minimum Gasteiger partial charge on any atom is -0.482 e. The Morgan fingerprint density at radius 2 is 0.920 bits per heavy atom. The maximum atomic E-state index is 12.5. The fraction of sp³-hybridized carbons (Fsp3) is 0.661. The third-order valence-corrected chi connectivity index (χ3v) is 14.8. The number of rotatable bonds is 12. The first-order chi connectivity index (χ1) is 35.9. The van der Waals surface area contributed by atoms with E-state index in [0.29, 0.717) is 84.5 Å². The summed E-state index contributed by atoms with van der Waals surface area (Å²) in [5, 5.41) is 29.9. The van der Waals surface area contributed by atoms with E-state index in [4.69, 9.17) is 29.5 Å². The van der Waals surface area contributed by atoms with Gasteiger partial charge in [0.1, 0.15) is 18.1 Å². The number of nitrogens with one attached hydrogen (secondary N) is 1. The average Bonchev–Trinajstić information content (AvgIpc) is 3.44. The zero-order valence-electron chi connectivity index (χ0n) is 45.4. The Balaban J connectivity index is 0.000000202. The van der Waals surface area contributed by atoms with Gasteiger partial charge in [0.2, 0.25) is 17.7 Å². The fourth-order valence-corrected chi connectivity index (χ4v) is 10.00. The Hall–Kier alpha value is -5.63.